The molecule has 0 saturated carbocycles. The van der Waals surface area contributed by atoms with Gasteiger partial charge in [-0.3, -0.25) is 9.69 Å². The molecule has 156 valence electrons. The van der Waals surface area contributed by atoms with E-state index in [2.05, 4.69) is 64.8 Å². The summed E-state index contributed by atoms with van der Waals surface area (Å²) >= 11 is 0. The molecule has 1 aliphatic heterocycles. The topological polar surface area (TPSA) is 58.4 Å². The van der Waals surface area contributed by atoms with E-state index in [1.165, 1.54) is 11.1 Å². The number of aromatic nitrogens is 1. The van der Waals surface area contributed by atoms with Crippen LogP contribution in [0.15, 0.2) is 65.4 Å². The molecule has 0 spiro atoms. The molecule has 0 aliphatic carbocycles. The summed E-state index contributed by atoms with van der Waals surface area (Å²) in [6.45, 7) is 5.08. The van der Waals surface area contributed by atoms with Gasteiger partial charge in [-0.15, -0.1) is 0 Å². The molecule has 1 saturated heterocycles. The molecule has 0 unspecified atom stereocenters. The number of amides is 1. The van der Waals surface area contributed by atoms with Crippen LogP contribution in [-0.4, -0.2) is 35.1 Å². The molecular formula is C25H29N3O2. The normalized spacial score (nSPS) is 15.2. The molecule has 2 heterocycles. The summed E-state index contributed by atoms with van der Waals surface area (Å²) in [6, 6.07) is 19.0. The van der Waals surface area contributed by atoms with Crippen molar-refractivity contribution in [1.82, 2.24) is 15.4 Å². The van der Waals surface area contributed by atoms with Crippen molar-refractivity contribution in [3.05, 3.63) is 77.6 Å². The predicted octanol–water partition coefficient (Wildman–Crippen LogP) is 4.36. The molecule has 1 N–H and O–H groups in total. The molecule has 1 amide bonds. The van der Waals surface area contributed by atoms with Gasteiger partial charge in [0.15, 0.2) is 0 Å². The summed E-state index contributed by atoms with van der Waals surface area (Å²) in [6.07, 6.45) is 4.74. The Morgan fingerprint density at radius 3 is 2.57 bits per heavy atom. The first kappa shape index (κ1) is 20.4. The third kappa shape index (κ3) is 5.36. The molecule has 1 aliphatic rings. The number of piperidine rings is 1. The summed E-state index contributed by atoms with van der Waals surface area (Å²) in [5.41, 5.74) is 5.38. The minimum absolute atomic E-state index is 0.104. The highest BCUT2D eigenvalue weighted by atomic mass is 16.5. The molecule has 3 aromatic rings. The largest absolute Gasteiger partial charge is 0.364 e. The zero-order valence-electron chi connectivity index (χ0n) is 17.5. The smallest absolute Gasteiger partial charge is 0.220 e. The van der Waals surface area contributed by atoms with Crippen LogP contribution in [0.3, 0.4) is 0 Å². The standard InChI is InChI=1S/C25H29N3O2/c1-19-7-9-21(10-8-19)25-22(18-30-27-25)11-12-24(29)26-23-13-15-28(16-14-23)17-20-5-3-2-4-6-20/h2-10,18,23H,11-17H2,1H3,(H,26,29). The van der Waals surface area contributed by atoms with Crippen LogP contribution in [-0.2, 0) is 17.8 Å². The van der Waals surface area contributed by atoms with E-state index < -0.39 is 0 Å². The Morgan fingerprint density at radius 2 is 1.83 bits per heavy atom. The van der Waals surface area contributed by atoms with E-state index in [4.69, 9.17) is 4.52 Å². The van der Waals surface area contributed by atoms with Crippen molar-refractivity contribution in [2.45, 2.75) is 45.2 Å². The second-order valence-electron chi connectivity index (χ2n) is 8.16. The quantitative estimate of drug-likeness (QED) is 0.637. The van der Waals surface area contributed by atoms with Crippen LogP contribution < -0.4 is 5.32 Å². The van der Waals surface area contributed by atoms with Gasteiger partial charge in [0.05, 0.1) is 0 Å². The maximum absolute atomic E-state index is 12.5. The summed E-state index contributed by atoms with van der Waals surface area (Å²) in [5, 5.41) is 7.36. The Kier molecular flexibility index (Phi) is 6.60. The van der Waals surface area contributed by atoms with Crippen molar-refractivity contribution in [3.8, 4) is 11.3 Å². The molecule has 30 heavy (non-hydrogen) atoms. The molecule has 1 fully saturated rings. The second-order valence-corrected chi connectivity index (χ2v) is 8.16. The van der Waals surface area contributed by atoms with Crippen LogP contribution in [0, 0.1) is 6.92 Å². The highest BCUT2D eigenvalue weighted by Gasteiger charge is 2.21. The fraction of sp³-hybridized carbons (Fsp3) is 0.360. The number of carbonyl (C=O) groups is 1. The van der Waals surface area contributed by atoms with Gasteiger partial charge in [-0.05, 0) is 31.7 Å². The van der Waals surface area contributed by atoms with Gasteiger partial charge in [0.25, 0.3) is 0 Å². The Hall–Kier alpha value is -2.92. The fourth-order valence-electron chi connectivity index (χ4n) is 4.01. The van der Waals surface area contributed by atoms with Crippen molar-refractivity contribution < 1.29 is 9.32 Å². The number of nitrogens with zero attached hydrogens (tertiary/aromatic N) is 2. The third-order valence-electron chi connectivity index (χ3n) is 5.79. The lowest BCUT2D eigenvalue weighted by Gasteiger charge is -2.32. The SMILES string of the molecule is Cc1ccc(-c2nocc2CCC(=O)NC2CCN(Cc3ccccc3)CC2)cc1. The highest BCUT2D eigenvalue weighted by molar-refractivity contribution is 5.77. The highest BCUT2D eigenvalue weighted by Crippen LogP contribution is 2.23. The lowest BCUT2D eigenvalue weighted by Crippen LogP contribution is -2.44. The number of nitrogens with one attached hydrogen (secondary N) is 1. The van der Waals surface area contributed by atoms with Gasteiger partial charge in [-0.1, -0.05) is 65.3 Å². The average Bonchev–Trinajstić information content (AvgIpc) is 3.24. The summed E-state index contributed by atoms with van der Waals surface area (Å²) < 4.78 is 5.19. The van der Waals surface area contributed by atoms with Gasteiger partial charge in [-0.25, -0.2) is 0 Å². The van der Waals surface area contributed by atoms with Gasteiger partial charge in [0.2, 0.25) is 5.91 Å². The van der Waals surface area contributed by atoms with Crippen LogP contribution in [0.5, 0.6) is 0 Å². The number of benzene rings is 2. The van der Waals surface area contributed by atoms with E-state index >= 15 is 0 Å². The van der Waals surface area contributed by atoms with Crippen molar-refractivity contribution >= 4 is 5.91 Å². The number of rotatable bonds is 7. The first-order valence-corrected chi connectivity index (χ1v) is 10.7. The Morgan fingerprint density at radius 1 is 1.10 bits per heavy atom. The van der Waals surface area contributed by atoms with Crippen molar-refractivity contribution in [3.63, 3.8) is 0 Å². The maximum atomic E-state index is 12.5. The molecule has 0 radical (unpaired) electrons. The van der Waals surface area contributed by atoms with Crippen LogP contribution in [0.1, 0.15) is 36.0 Å². The van der Waals surface area contributed by atoms with Crippen molar-refractivity contribution in [2.24, 2.45) is 0 Å². The summed E-state index contributed by atoms with van der Waals surface area (Å²) in [4.78, 5) is 15.0. The summed E-state index contributed by atoms with van der Waals surface area (Å²) in [5.74, 6) is 0.104. The predicted molar refractivity (Wildman–Crippen MR) is 118 cm³/mol. The minimum atomic E-state index is 0.104. The first-order chi connectivity index (χ1) is 14.7. The Labute approximate surface area is 178 Å². The van der Waals surface area contributed by atoms with E-state index in [1.807, 2.05) is 12.1 Å². The average molecular weight is 404 g/mol. The van der Waals surface area contributed by atoms with Gasteiger partial charge >= 0.3 is 0 Å². The molecule has 5 nitrogen and oxygen atoms in total. The molecule has 1 aromatic heterocycles. The second kappa shape index (κ2) is 9.72. The molecule has 4 rings (SSSR count). The van der Waals surface area contributed by atoms with E-state index in [9.17, 15) is 4.79 Å². The van der Waals surface area contributed by atoms with Crippen LogP contribution in [0.2, 0.25) is 0 Å². The molecule has 2 aromatic carbocycles. The van der Waals surface area contributed by atoms with Crippen LogP contribution >= 0.6 is 0 Å². The third-order valence-corrected chi connectivity index (χ3v) is 5.79. The first-order valence-electron chi connectivity index (χ1n) is 10.7. The monoisotopic (exact) mass is 403 g/mol. The lowest BCUT2D eigenvalue weighted by molar-refractivity contribution is -0.122. The van der Waals surface area contributed by atoms with Gasteiger partial charge in [0.1, 0.15) is 12.0 Å². The van der Waals surface area contributed by atoms with Gasteiger partial charge in [-0.2, -0.15) is 0 Å². The Bertz CT molecular complexity index is 942. The van der Waals surface area contributed by atoms with Gasteiger partial charge < -0.3 is 9.84 Å². The van der Waals surface area contributed by atoms with Gasteiger partial charge in [0, 0.05) is 43.2 Å². The molecular weight excluding hydrogens is 374 g/mol. The number of hydrogen-bond acceptors (Lipinski definition) is 4. The van der Waals surface area contributed by atoms with E-state index in [1.54, 1.807) is 6.26 Å². The minimum Gasteiger partial charge on any atom is -0.364 e. The zero-order valence-corrected chi connectivity index (χ0v) is 17.5. The number of aryl methyl sites for hydroxylation is 2. The molecule has 0 bridgehead atoms. The van der Waals surface area contributed by atoms with Crippen LogP contribution in [0.4, 0.5) is 0 Å². The van der Waals surface area contributed by atoms with E-state index in [0.29, 0.717) is 12.8 Å². The van der Waals surface area contributed by atoms with Crippen molar-refractivity contribution in [2.75, 3.05) is 13.1 Å². The number of likely N-dealkylation sites (tertiary alicyclic amines) is 1. The summed E-state index contributed by atoms with van der Waals surface area (Å²) in [7, 11) is 0. The van der Waals surface area contributed by atoms with E-state index in [0.717, 1.165) is 49.3 Å². The molecule has 5 heteroatoms. The van der Waals surface area contributed by atoms with E-state index in [-0.39, 0.29) is 11.9 Å². The van der Waals surface area contributed by atoms with Crippen molar-refractivity contribution in [1.29, 1.82) is 0 Å². The van der Waals surface area contributed by atoms with Crippen LogP contribution in [0.25, 0.3) is 11.3 Å². The molecule has 0 atom stereocenters. The number of carbonyl (C=O) groups excluding carboxylic acids is 1. The maximum Gasteiger partial charge on any atom is 0.220 e. The lowest BCUT2D eigenvalue weighted by atomic mass is 10.0. The fourth-order valence-corrected chi connectivity index (χ4v) is 4.01. The Balaban J connectivity index is 1.23. The zero-order chi connectivity index (χ0) is 20.8. The number of hydrogen-bond donors (Lipinski definition) is 1.